The van der Waals surface area contributed by atoms with Crippen LogP contribution in [0.5, 0.6) is 0 Å². The zero-order valence-electron chi connectivity index (χ0n) is 41.4. The fraction of sp³-hybridized carbons (Fsp3) is 0.919. The summed E-state index contributed by atoms with van der Waals surface area (Å²) in [7, 11) is -22.6. The summed E-state index contributed by atoms with van der Waals surface area (Å²) in [5, 5.41) is 0. The van der Waals surface area contributed by atoms with Crippen LogP contribution in [0.25, 0.3) is 0 Å². The van der Waals surface area contributed by atoms with E-state index in [1.54, 1.807) is 0 Å². The quantitative estimate of drug-likeness (QED) is 0.0497. The summed E-state index contributed by atoms with van der Waals surface area (Å²) in [5.41, 5.74) is 0. The highest BCUT2D eigenvalue weighted by Gasteiger charge is 2.47. The van der Waals surface area contributed by atoms with Crippen molar-refractivity contribution in [2.24, 2.45) is 0 Å². The second-order valence-electron chi connectivity index (χ2n) is 21.2. The van der Waals surface area contributed by atoms with Crippen LogP contribution < -0.4 is 0 Å². The Labute approximate surface area is 364 Å². The third kappa shape index (κ3) is 27.7. The molecular weight excluding hydrogens is 883 g/mol. The largest absolute Gasteiger partial charge is 0.436 e. The number of carbonyl (C=O) groups excluding carboxylic acids is 1. The fourth-order valence-electron chi connectivity index (χ4n) is 8.42. The van der Waals surface area contributed by atoms with Gasteiger partial charge in [-0.05, 0) is 174 Å². The number of nitrogens with zero attached hydrogens (tertiary/aromatic N) is 1. The summed E-state index contributed by atoms with van der Waals surface area (Å²) in [6, 6.07) is 4.17. The number of carbonyl (C=O) groups is 1. The van der Waals surface area contributed by atoms with Crippen LogP contribution in [0, 0.1) is 0 Å². The lowest BCUT2D eigenvalue weighted by molar-refractivity contribution is -0.126. The molecule has 0 heterocycles. The minimum atomic E-state index is -2.52. The van der Waals surface area contributed by atoms with Gasteiger partial charge in [0.05, 0.1) is 0 Å². The maximum atomic E-state index is 13.0. The molecule has 1 amide bonds. The van der Waals surface area contributed by atoms with Gasteiger partial charge in [-0.2, -0.15) is 0 Å². The molecule has 0 rings (SSSR count). The maximum absolute atomic E-state index is 13.0. The van der Waals surface area contributed by atoms with Crippen LogP contribution >= 0.6 is 0 Å². The Balaban J connectivity index is 5.29. The number of unbranched alkanes of at least 4 members (excludes halogenated alkanes) is 2. The Morgan fingerprint density at radius 3 is 0.825 bits per heavy atom. The van der Waals surface area contributed by atoms with Crippen molar-refractivity contribution in [2.45, 2.75) is 207 Å². The molecule has 0 saturated carbocycles. The molecule has 0 aliphatic carbocycles. The minimum absolute atomic E-state index is 0.0217. The molecular formula is C37H93NO9Si10. The average molecular weight is 977 g/mol. The number of hydrogen-bond acceptors (Lipinski definition) is 9. The third-order valence-corrected chi connectivity index (χ3v) is 47.9. The van der Waals surface area contributed by atoms with Gasteiger partial charge in [0.2, 0.25) is 5.91 Å². The summed E-state index contributed by atoms with van der Waals surface area (Å²) in [6.07, 6.45) is 7.95. The van der Waals surface area contributed by atoms with E-state index in [1.165, 1.54) is 31.8 Å². The summed E-state index contributed by atoms with van der Waals surface area (Å²) in [4.78, 5) is 15.0. The van der Waals surface area contributed by atoms with Crippen molar-refractivity contribution >= 4 is 90.5 Å². The standard InChI is InChI=1S/C37H93NO9Si10/c1-24-27-33-48(4,5)40-52(12,13)44-56(20,21)46-54(16,17)42-50(8,9)35-29-31-38(37(39)26-3)32-30-36-51(10,11)43-55(18,19)47-57(22,23)45-53(14,15)41-49(6,7)34-28-25-2/h26H,3,24-25,27-36H2,1-2,4-23H3. The van der Waals surface area contributed by atoms with Crippen molar-refractivity contribution in [3.05, 3.63) is 12.7 Å². The van der Waals surface area contributed by atoms with E-state index >= 15 is 0 Å². The van der Waals surface area contributed by atoms with Crippen LogP contribution in [0.2, 0.25) is 155 Å². The van der Waals surface area contributed by atoms with Crippen molar-refractivity contribution in [2.75, 3.05) is 13.1 Å². The van der Waals surface area contributed by atoms with Gasteiger partial charge in [-0.25, -0.2) is 0 Å². The van der Waals surface area contributed by atoms with Crippen molar-refractivity contribution in [3.63, 3.8) is 0 Å². The topological polar surface area (TPSA) is 94.2 Å². The monoisotopic (exact) mass is 975 g/mol. The second-order valence-corrected chi connectivity index (χ2v) is 60.6. The smallest absolute Gasteiger partial charge is 0.314 e. The van der Waals surface area contributed by atoms with Crippen LogP contribution in [0.15, 0.2) is 12.7 Å². The van der Waals surface area contributed by atoms with E-state index in [-0.39, 0.29) is 5.91 Å². The van der Waals surface area contributed by atoms with Gasteiger partial charge in [-0.15, -0.1) is 0 Å². The zero-order valence-corrected chi connectivity index (χ0v) is 51.4. The molecule has 0 unspecified atom stereocenters. The van der Waals surface area contributed by atoms with Crippen LogP contribution in [0.1, 0.15) is 52.4 Å². The van der Waals surface area contributed by atoms with Crippen molar-refractivity contribution < 1.29 is 37.7 Å². The van der Waals surface area contributed by atoms with Crippen LogP contribution in [0.3, 0.4) is 0 Å². The van der Waals surface area contributed by atoms with Crippen molar-refractivity contribution in [3.8, 4) is 0 Å². The molecule has 0 aromatic carbocycles. The van der Waals surface area contributed by atoms with E-state index in [4.69, 9.17) is 32.9 Å². The summed E-state index contributed by atoms with van der Waals surface area (Å²) >= 11 is 0. The summed E-state index contributed by atoms with van der Waals surface area (Å²) in [6.45, 7) is 53.7. The first kappa shape index (κ1) is 58.1. The Bertz CT molecular complexity index is 1150. The molecule has 0 radical (unpaired) electrons. The van der Waals surface area contributed by atoms with Crippen molar-refractivity contribution in [1.82, 2.24) is 4.90 Å². The van der Waals surface area contributed by atoms with Gasteiger partial charge in [0.15, 0.2) is 33.3 Å². The predicted molar refractivity (Wildman–Crippen MR) is 269 cm³/mol. The van der Waals surface area contributed by atoms with Gasteiger partial charge in [0.1, 0.15) is 0 Å². The minimum Gasteiger partial charge on any atom is -0.436 e. The van der Waals surface area contributed by atoms with Crippen LogP contribution in [-0.2, 0) is 37.7 Å². The first-order chi connectivity index (χ1) is 25.3. The van der Waals surface area contributed by atoms with E-state index in [9.17, 15) is 4.79 Å². The van der Waals surface area contributed by atoms with E-state index < -0.39 is 84.6 Å². The Morgan fingerprint density at radius 2 is 0.614 bits per heavy atom. The molecule has 340 valence electrons. The predicted octanol–water partition coefficient (Wildman–Crippen LogP) is 12.5. The molecule has 0 aliphatic rings. The fourth-order valence-corrected chi connectivity index (χ4v) is 58.0. The molecule has 0 fully saturated rings. The molecule has 0 atom stereocenters. The summed E-state index contributed by atoms with van der Waals surface area (Å²) < 4.78 is 54.4. The molecule has 10 nitrogen and oxygen atoms in total. The SMILES string of the molecule is C=CC(=O)N(CCC[Si](C)(C)O[Si](C)(C)O[Si](C)(C)O[Si](C)(C)O[Si](C)(C)CCCC)CCC[Si](C)(C)O[Si](C)(C)O[Si](C)(C)O[Si](C)(C)O[Si](C)(C)CCCC. The van der Waals surface area contributed by atoms with Gasteiger partial charge < -0.3 is 37.8 Å². The highest BCUT2D eigenvalue weighted by atomic mass is 28.5. The molecule has 0 aromatic rings. The Hall–Kier alpha value is 1.06. The Kier molecular flexibility index (Phi) is 23.6. The van der Waals surface area contributed by atoms with Gasteiger partial charge >= 0.3 is 51.4 Å². The van der Waals surface area contributed by atoms with E-state index in [1.807, 2.05) is 4.90 Å². The normalized spacial score (nSPS) is 14.6. The van der Waals surface area contributed by atoms with Crippen LogP contribution in [-0.4, -0.2) is 109 Å². The van der Waals surface area contributed by atoms with Gasteiger partial charge in [0, 0.05) is 13.1 Å². The van der Waals surface area contributed by atoms with Crippen molar-refractivity contribution in [1.29, 1.82) is 0 Å². The maximum Gasteiger partial charge on any atom is 0.314 e. The highest BCUT2D eigenvalue weighted by Crippen LogP contribution is 2.31. The third-order valence-electron chi connectivity index (χ3n) is 9.22. The van der Waals surface area contributed by atoms with Gasteiger partial charge in [-0.1, -0.05) is 46.1 Å². The zero-order chi connectivity index (χ0) is 45.0. The van der Waals surface area contributed by atoms with Crippen LogP contribution in [0.4, 0.5) is 0 Å². The molecule has 0 bridgehead atoms. The molecule has 20 heteroatoms. The number of hydrogen-bond donors (Lipinski definition) is 0. The molecule has 0 aromatic heterocycles. The molecule has 57 heavy (non-hydrogen) atoms. The lowest BCUT2D eigenvalue weighted by atomic mass is 10.3. The average Bonchev–Trinajstić information content (AvgIpc) is 2.92. The van der Waals surface area contributed by atoms with Gasteiger partial charge in [-0.3, -0.25) is 4.79 Å². The first-order valence-corrected chi connectivity index (χ1v) is 51.2. The highest BCUT2D eigenvalue weighted by molar-refractivity contribution is 6.92. The van der Waals surface area contributed by atoms with E-state index in [0.717, 1.165) is 37.0 Å². The number of amides is 1. The summed E-state index contributed by atoms with van der Waals surface area (Å²) in [5.74, 6) is -0.0217. The second kappa shape index (κ2) is 23.1. The lowest BCUT2D eigenvalue weighted by Crippen LogP contribution is -2.58. The van der Waals surface area contributed by atoms with Gasteiger partial charge in [0.25, 0.3) is 0 Å². The van der Waals surface area contributed by atoms with E-state index in [2.05, 4.69) is 151 Å². The number of rotatable bonds is 31. The molecule has 0 N–H and O–H groups in total. The molecule has 0 aliphatic heterocycles. The van der Waals surface area contributed by atoms with E-state index in [0.29, 0.717) is 13.1 Å². The Morgan fingerprint density at radius 1 is 0.404 bits per heavy atom. The lowest BCUT2D eigenvalue weighted by Gasteiger charge is -2.42. The first-order valence-electron chi connectivity index (χ1n) is 21.9. The molecule has 0 saturated heterocycles. The molecule has 0 spiro atoms.